The van der Waals surface area contributed by atoms with Gasteiger partial charge in [-0.05, 0) is 42.7 Å². The number of aromatic nitrogens is 2. The van der Waals surface area contributed by atoms with Gasteiger partial charge in [0, 0.05) is 25.0 Å². The van der Waals surface area contributed by atoms with Crippen LogP contribution in [-0.4, -0.2) is 35.6 Å². The van der Waals surface area contributed by atoms with Crippen molar-refractivity contribution in [2.75, 3.05) is 19.8 Å². The molecule has 100 valence electrons. The lowest BCUT2D eigenvalue weighted by Crippen LogP contribution is -2.42. The number of hydrogen-bond donors (Lipinski definition) is 1. The van der Waals surface area contributed by atoms with E-state index in [1.54, 1.807) is 6.20 Å². The lowest BCUT2D eigenvalue weighted by Gasteiger charge is -2.24. The molecule has 4 heteroatoms. The van der Waals surface area contributed by atoms with Gasteiger partial charge < -0.3 is 10.1 Å². The summed E-state index contributed by atoms with van der Waals surface area (Å²) >= 11 is 0. The van der Waals surface area contributed by atoms with E-state index in [1.807, 2.05) is 16.9 Å². The summed E-state index contributed by atoms with van der Waals surface area (Å²) in [7, 11) is 0. The van der Waals surface area contributed by atoms with E-state index in [-0.39, 0.29) is 0 Å². The second kappa shape index (κ2) is 5.55. The second-order valence-electron chi connectivity index (χ2n) is 4.99. The Morgan fingerprint density at radius 3 is 3.16 bits per heavy atom. The van der Waals surface area contributed by atoms with Gasteiger partial charge in [0.05, 0.1) is 18.9 Å². The Kier molecular flexibility index (Phi) is 3.62. The van der Waals surface area contributed by atoms with Crippen LogP contribution in [0.4, 0.5) is 0 Å². The van der Waals surface area contributed by atoms with Crippen LogP contribution < -0.4 is 5.32 Å². The summed E-state index contributed by atoms with van der Waals surface area (Å²) in [5.41, 5.74) is 3.79. The second-order valence-corrected chi connectivity index (χ2v) is 4.99. The number of rotatable bonds is 3. The number of ether oxygens (including phenoxy) is 1. The molecule has 0 saturated carbocycles. The van der Waals surface area contributed by atoms with Gasteiger partial charge in [0.1, 0.15) is 0 Å². The fourth-order valence-electron chi connectivity index (χ4n) is 2.46. The van der Waals surface area contributed by atoms with Gasteiger partial charge >= 0.3 is 0 Å². The Balaban J connectivity index is 1.81. The van der Waals surface area contributed by atoms with E-state index in [9.17, 15) is 0 Å². The van der Waals surface area contributed by atoms with Crippen LogP contribution in [0.15, 0.2) is 36.7 Å². The average Bonchev–Trinajstić information content (AvgIpc) is 2.96. The van der Waals surface area contributed by atoms with Gasteiger partial charge in [-0.2, -0.15) is 5.10 Å². The van der Waals surface area contributed by atoms with E-state index >= 15 is 0 Å². The SMILES string of the molecule is Cc1ccc(-n2cccn2)cc1C[C@@H]1COCCN1. The van der Waals surface area contributed by atoms with Crippen molar-refractivity contribution in [2.24, 2.45) is 0 Å². The van der Waals surface area contributed by atoms with Crippen LogP contribution in [0, 0.1) is 6.92 Å². The quantitative estimate of drug-likeness (QED) is 0.910. The van der Waals surface area contributed by atoms with E-state index in [0.29, 0.717) is 6.04 Å². The third-order valence-electron chi connectivity index (χ3n) is 3.57. The summed E-state index contributed by atoms with van der Waals surface area (Å²) in [5, 5.41) is 7.78. The van der Waals surface area contributed by atoms with Gasteiger partial charge in [-0.1, -0.05) is 6.07 Å². The fraction of sp³-hybridized carbons (Fsp3) is 0.400. The molecule has 0 aliphatic carbocycles. The molecule has 1 atom stereocenters. The minimum Gasteiger partial charge on any atom is -0.379 e. The minimum absolute atomic E-state index is 0.417. The molecule has 0 radical (unpaired) electrons. The third-order valence-corrected chi connectivity index (χ3v) is 3.57. The van der Waals surface area contributed by atoms with E-state index in [0.717, 1.165) is 31.9 Å². The van der Waals surface area contributed by atoms with Crippen molar-refractivity contribution in [2.45, 2.75) is 19.4 Å². The molecule has 1 saturated heterocycles. The number of aryl methyl sites for hydroxylation is 1. The largest absolute Gasteiger partial charge is 0.379 e. The number of benzene rings is 1. The lowest BCUT2D eigenvalue weighted by molar-refractivity contribution is 0.0770. The molecule has 0 amide bonds. The number of hydrogen-bond acceptors (Lipinski definition) is 3. The van der Waals surface area contributed by atoms with E-state index in [2.05, 4.69) is 35.5 Å². The molecule has 1 aliphatic heterocycles. The van der Waals surface area contributed by atoms with Gasteiger partial charge in [-0.3, -0.25) is 0 Å². The summed E-state index contributed by atoms with van der Waals surface area (Å²) in [6.45, 7) is 4.72. The summed E-state index contributed by atoms with van der Waals surface area (Å²) in [5.74, 6) is 0. The standard InChI is InChI=1S/C15H19N3O/c1-12-3-4-15(18-7-2-5-17-18)10-13(12)9-14-11-19-8-6-16-14/h2-5,7,10,14,16H,6,8-9,11H2,1H3/t14-/m1/s1. The summed E-state index contributed by atoms with van der Waals surface area (Å²) in [4.78, 5) is 0. The number of morpholine rings is 1. The molecule has 1 aromatic heterocycles. The monoisotopic (exact) mass is 257 g/mol. The highest BCUT2D eigenvalue weighted by Gasteiger charge is 2.15. The van der Waals surface area contributed by atoms with Crippen molar-refractivity contribution in [3.05, 3.63) is 47.8 Å². The third kappa shape index (κ3) is 2.85. The smallest absolute Gasteiger partial charge is 0.0648 e. The van der Waals surface area contributed by atoms with Crippen LogP contribution in [0.25, 0.3) is 5.69 Å². The van der Waals surface area contributed by atoms with E-state index in [4.69, 9.17) is 4.74 Å². The number of nitrogens with zero attached hydrogens (tertiary/aromatic N) is 2. The average molecular weight is 257 g/mol. The zero-order valence-corrected chi connectivity index (χ0v) is 11.2. The van der Waals surface area contributed by atoms with Crippen LogP contribution in [0.5, 0.6) is 0 Å². The zero-order chi connectivity index (χ0) is 13.1. The molecule has 1 aliphatic rings. The molecule has 1 aromatic carbocycles. The van der Waals surface area contributed by atoms with Crippen LogP contribution in [0.1, 0.15) is 11.1 Å². The van der Waals surface area contributed by atoms with E-state index in [1.165, 1.54) is 11.1 Å². The molecule has 1 fully saturated rings. The van der Waals surface area contributed by atoms with Crippen molar-refractivity contribution in [3.63, 3.8) is 0 Å². The Morgan fingerprint density at radius 2 is 2.42 bits per heavy atom. The van der Waals surface area contributed by atoms with Crippen LogP contribution >= 0.6 is 0 Å². The van der Waals surface area contributed by atoms with Gasteiger partial charge in [-0.15, -0.1) is 0 Å². The Hall–Kier alpha value is -1.65. The minimum atomic E-state index is 0.417. The highest BCUT2D eigenvalue weighted by atomic mass is 16.5. The van der Waals surface area contributed by atoms with Crippen LogP contribution in [0.2, 0.25) is 0 Å². The first kappa shape index (κ1) is 12.4. The molecule has 2 aromatic rings. The fourth-order valence-corrected chi connectivity index (χ4v) is 2.46. The van der Waals surface area contributed by atoms with E-state index < -0.39 is 0 Å². The predicted octanol–water partition coefficient (Wildman–Crippen LogP) is 1.71. The van der Waals surface area contributed by atoms with Gasteiger partial charge in [0.25, 0.3) is 0 Å². The Bertz CT molecular complexity index is 530. The first-order valence-corrected chi connectivity index (χ1v) is 6.73. The number of nitrogens with one attached hydrogen (secondary N) is 1. The summed E-state index contributed by atoms with van der Waals surface area (Å²) in [6, 6.07) is 8.85. The molecule has 3 rings (SSSR count). The summed E-state index contributed by atoms with van der Waals surface area (Å²) in [6.07, 6.45) is 4.77. The van der Waals surface area contributed by atoms with Crippen molar-refractivity contribution >= 4 is 0 Å². The highest BCUT2D eigenvalue weighted by Crippen LogP contribution is 2.16. The van der Waals surface area contributed by atoms with Crippen molar-refractivity contribution in [3.8, 4) is 5.69 Å². The van der Waals surface area contributed by atoms with Crippen molar-refractivity contribution in [1.29, 1.82) is 0 Å². The highest BCUT2D eigenvalue weighted by molar-refractivity contribution is 5.40. The molecule has 19 heavy (non-hydrogen) atoms. The lowest BCUT2D eigenvalue weighted by atomic mass is 10.00. The molecule has 0 unspecified atom stereocenters. The Morgan fingerprint density at radius 1 is 1.47 bits per heavy atom. The van der Waals surface area contributed by atoms with Gasteiger partial charge in [-0.25, -0.2) is 4.68 Å². The molecule has 4 nitrogen and oxygen atoms in total. The first-order valence-electron chi connectivity index (χ1n) is 6.73. The molecular weight excluding hydrogens is 238 g/mol. The maximum absolute atomic E-state index is 5.52. The normalized spacial score (nSPS) is 19.5. The molecule has 2 heterocycles. The van der Waals surface area contributed by atoms with Crippen molar-refractivity contribution in [1.82, 2.24) is 15.1 Å². The molecular formula is C15H19N3O. The first-order chi connectivity index (χ1) is 9.33. The maximum Gasteiger partial charge on any atom is 0.0648 e. The zero-order valence-electron chi connectivity index (χ0n) is 11.2. The van der Waals surface area contributed by atoms with Gasteiger partial charge in [0.2, 0.25) is 0 Å². The Labute approximate surface area is 113 Å². The summed E-state index contributed by atoms with van der Waals surface area (Å²) < 4.78 is 7.41. The predicted molar refractivity (Wildman–Crippen MR) is 74.6 cm³/mol. The van der Waals surface area contributed by atoms with Gasteiger partial charge in [0.15, 0.2) is 0 Å². The van der Waals surface area contributed by atoms with Crippen molar-refractivity contribution < 1.29 is 4.74 Å². The molecule has 0 bridgehead atoms. The maximum atomic E-state index is 5.52. The van der Waals surface area contributed by atoms with Crippen LogP contribution in [-0.2, 0) is 11.2 Å². The van der Waals surface area contributed by atoms with Crippen LogP contribution in [0.3, 0.4) is 0 Å². The molecule has 0 spiro atoms. The molecule has 1 N–H and O–H groups in total. The topological polar surface area (TPSA) is 39.1 Å².